The first-order chi connectivity index (χ1) is 1.91. The molecule has 5 heteroatoms. The Morgan fingerprint density at radius 3 is 1.00 bits per heavy atom. The smallest absolute Gasteiger partial charge is 2.00 e. The molecule has 0 aliphatic heterocycles. The van der Waals surface area contributed by atoms with Crippen molar-refractivity contribution in [1.82, 2.24) is 0 Å². The van der Waals surface area contributed by atoms with Crippen molar-refractivity contribution in [3.05, 3.63) is 0 Å². The molecule has 42 valence electrons. The number of hydrogen-bond acceptors (Lipinski definition) is 2. The zero-order valence-electron chi connectivity index (χ0n) is 3.63. The zero-order valence-corrected chi connectivity index (χ0v) is 6.08. The maximum Gasteiger partial charge on any atom is 4.00 e. The third-order valence-corrected chi connectivity index (χ3v) is 0.1000. The molecule has 0 spiro atoms. The predicted molar refractivity (Wildman–Crippen MR) is 15.5 cm³/mol. The number of hydrogen-bond donors (Lipinski definition) is 2. The summed E-state index contributed by atoms with van der Waals surface area (Å²) in [6.45, 7) is -0.250. The molecule has 0 aromatic carbocycles. The Balaban J connectivity index is -0.0000000150. The van der Waals surface area contributed by atoms with Gasteiger partial charge in [0, 0.05) is 0 Å². The van der Waals surface area contributed by atoms with Crippen molar-refractivity contribution in [1.29, 1.82) is 0 Å². The number of rotatable bonds is 1. The molecule has 0 aromatic rings. The second-order valence-electron chi connectivity index (χ2n) is 0.447. The molecule has 0 aromatic heterocycles. The second kappa shape index (κ2) is 29.7. The molecule has 0 unspecified atom stereocenters. The van der Waals surface area contributed by atoms with Crippen LogP contribution in [0.1, 0.15) is 0 Å². The van der Waals surface area contributed by atoms with Gasteiger partial charge in [0.05, 0.1) is 13.2 Å². The minimum Gasteiger partial charge on any atom is -2.00 e. The van der Waals surface area contributed by atoms with Gasteiger partial charge < -0.3 is 21.2 Å². The Morgan fingerprint density at radius 1 is 0.857 bits per heavy atom. The van der Waals surface area contributed by atoms with Crippen LogP contribution in [0.25, 0.3) is 0 Å². The van der Waals surface area contributed by atoms with Crippen LogP contribution in [0.4, 0.5) is 0 Å². The third-order valence-electron chi connectivity index (χ3n) is 0.1000. The monoisotopic (exact) mass is 184 g/mol. The van der Waals surface area contributed by atoms with E-state index in [1.54, 1.807) is 0 Å². The summed E-state index contributed by atoms with van der Waals surface area (Å²) in [5.41, 5.74) is 0. The van der Waals surface area contributed by atoms with E-state index in [0.29, 0.717) is 0 Å². The van der Waals surface area contributed by atoms with Gasteiger partial charge in [-0.05, 0) is 0 Å². The van der Waals surface area contributed by atoms with Crippen molar-refractivity contribution in [3.8, 4) is 0 Å². The van der Waals surface area contributed by atoms with Crippen LogP contribution in [0.15, 0.2) is 0 Å². The van der Waals surface area contributed by atoms with Crippen LogP contribution in [-0.4, -0.2) is 23.4 Å². The molecule has 0 radical (unpaired) electrons. The molecule has 0 bridgehead atoms. The van der Waals surface area contributed by atoms with E-state index in [1.807, 2.05) is 0 Å². The van der Waals surface area contributed by atoms with Gasteiger partial charge in [0.2, 0.25) is 0 Å². The maximum atomic E-state index is 7.62. The molecule has 0 heterocycles. The minimum absolute atomic E-state index is 0. The van der Waals surface area contributed by atoms with Crippen molar-refractivity contribution in [2.75, 3.05) is 13.2 Å². The molecule has 0 atom stereocenters. The summed E-state index contributed by atoms with van der Waals surface area (Å²) in [4.78, 5) is 0. The fraction of sp³-hybridized carbons (Fsp3) is 1.00. The van der Waals surface area contributed by atoms with Crippen molar-refractivity contribution >= 4 is 0 Å². The molecular formula is C2H6O4Zr. The fourth-order valence-electron chi connectivity index (χ4n) is 0. The first kappa shape index (κ1) is 25.2. The standard InChI is InChI=1S/C2H6O2.2O.Zr/c3-1-2-4;;;/h3-4H,1-2H2;;;/q;2*-2;+4. The van der Waals surface area contributed by atoms with Gasteiger partial charge in [-0.15, -0.1) is 0 Å². The van der Waals surface area contributed by atoms with E-state index in [1.165, 1.54) is 0 Å². The summed E-state index contributed by atoms with van der Waals surface area (Å²) in [5, 5.41) is 15.2. The van der Waals surface area contributed by atoms with E-state index >= 15 is 0 Å². The average Bonchev–Trinajstić information content (AvgIpc) is 1.37. The van der Waals surface area contributed by atoms with Crippen LogP contribution in [0.5, 0.6) is 0 Å². The molecule has 0 rings (SSSR count). The fourth-order valence-corrected chi connectivity index (χ4v) is 0. The summed E-state index contributed by atoms with van der Waals surface area (Å²) in [7, 11) is 0. The van der Waals surface area contributed by atoms with Gasteiger partial charge in [0.25, 0.3) is 0 Å². The van der Waals surface area contributed by atoms with Gasteiger partial charge in [0.15, 0.2) is 0 Å². The van der Waals surface area contributed by atoms with Gasteiger partial charge in [-0.2, -0.15) is 0 Å². The zero-order chi connectivity index (χ0) is 3.41. The molecule has 0 fully saturated rings. The van der Waals surface area contributed by atoms with Crippen LogP contribution < -0.4 is 0 Å². The molecule has 0 aliphatic rings. The third kappa shape index (κ3) is 50.5. The van der Waals surface area contributed by atoms with E-state index in [0.717, 1.165) is 0 Å². The van der Waals surface area contributed by atoms with E-state index in [4.69, 9.17) is 10.2 Å². The maximum absolute atomic E-state index is 7.62. The van der Waals surface area contributed by atoms with Crippen molar-refractivity contribution < 1.29 is 47.4 Å². The van der Waals surface area contributed by atoms with Crippen LogP contribution >= 0.6 is 0 Å². The summed E-state index contributed by atoms with van der Waals surface area (Å²) in [6, 6.07) is 0. The topological polar surface area (TPSA) is 97.5 Å². The molecular weight excluding hydrogens is 179 g/mol. The predicted octanol–water partition coefficient (Wildman–Crippen LogP) is -1.27. The van der Waals surface area contributed by atoms with E-state index in [2.05, 4.69) is 0 Å². The molecule has 4 nitrogen and oxygen atoms in total. The molecule has 2 N–H and O–H groups in total. The van der Waals surface area contributed by atoms with Crippen molar-refractivity contribution in [3.63, 3.8) is 0 Å². The Morgan fingerprint density at radius 2 is 1.00 bits per heavy atom. The summed E-state index contributed by atoms with van der Waals surface area (Å²) in [5.74, 6) is 0. The first-order valence-electron chi connectivity index (χ1n) is 1.13. The quantitative estimate of drug-likeness (QED) is 0.532. The Bertz CT molecular complexity index is 11.7. The van der Waals surface area contributed by atoms with Crippen LogP contribution in [0, 0.1) is 0 Å². The molecule has 0 amide bonds. The first-order valence-corrected chi connectivity index (χ1v) is 1.13. The van der Waals surface area contributed by atoms with Gasteiger partial charge in [-0.1, -0.05) is 0 Å². The van der Waals surface area contributed by atoms with E-state index < -0.39 is 0 Å². The van der Waals surface area contributed by atoms with Crippen molar-refractivity contribution in [2.24, 2.45) is 0 Å². The van der Waals surface area contributed by atoms with Crippen molar-refractivity contribution in [2.45, 2.75) is 0 Å². The van der Waals surface area contributed by atoms with Gasteiger partial charge in [0.1, 0.15) is 0 Å². The molecule has 0 aliphatic carbocycles. The minimum atomic E-state index is -0.125. The van der Waals surface area contributed by atoms with E-state index in [9.17, 15) is 0 Å². The largest absolute Gasteiger partial charge is 4.00 e. The van der Waals surface area contributed by atoms with E-state index in [-0.39, 0.29) is 50.4 Å². The van der Waals surface area contributed by atoms with Gasteiger partial charge in [-0.3, -0.25) is 0 Å². The van der Waals surface area contributed by atoms with Gasteiger partial charge in [-0.25, -0.2) is 0 Å². The Hall–Kier alpha value is 0.723. The average molecular weight is 185 g/mol. The summed E-state index contributed by atoms with van der Waals surface area (Å²) >= 11 is 0. The molecule has 0 saturated heterocycles. The van der Waals surface area contributed by atoms with Gasteiger partial charge >= 0.3 is 26.2 Å². The van der Waals surface area contributed by atoms with Crippen LogP contribution in [0.3, 0.4) is 0 Å². The SMILES string of the molecule is OCCO.[O-2].[O-2].[Zr+4]. The van der Waals surface area contributed by atoms with Crippen LogP contribution in [-0.2, 0) is 37.2 Å². The molecule has 0 saturated carbocycles. The Labute approximate surface area is 60.9 Å². The molecule has 7 heavy (non-hydrogen) atoms. The number of aliphatic hydroxyl groups excluding tert-OH is 2. The van der Waals surface area contributed by atoms with Crippen LogP contribution in [0.2, 0.25) is 0 Å². The normalized spacial score (nSPS) is 4.29. The Kier molecular flexibility index (Phi) is 107. The summed E-state index contributed by atoms with van der Waals surface area (Å²) in [6.07, 6.45) is 0. The number of aliphatic hydroxyl groups is 2. The second-order valence-corrected chi connectivity index (χ2v) is 0.447. The summed E-state index contributed by atoms with van der Waals surface area (Å²) < 4.78 is 0.